The lowest BCUT2D eigenvalue weighted by Crippen LogP contribution is -1.94. The van der Waals surface area contributed by atoms with E-state index < -0.39 is 16.4 Å². The van der Waals surface area contributed by atoms with Crippen LogP contribution in [0.2, 0.25) is 0 Å². The van der Waals surface area contributed by atoms with Gasteiger partial charge in [-0.25, -0.2) is 9.97 Å². The lowest BCUT2D eigenvalue weighted by Gasteiger charge is -2.04. The third kappa shape index (κ3) is 2.77. The zero-order chi connectivity index (χ0) is 13.1. The third-order valence-corrected chi connectivity index (χ3v) is 2.38. The fraction of sp³-hybridized carbons (Fsp3) is 0. The molecule has 18 heavy (non-hydrogen) atoms. The summed E-state index contributed by atoms with van der Waals surface area (Å²) in [6, 6.07) is 4.73. The third-order valence-electron chi connectivity index (χ3n) is 1.95. The zero-order valence-corrected chi connectivity index (χ0v) is 10.3. The molecule has 0 aliphatic heterocycles. The van der Waals surface area contributed by atoms with Crippen LogP contribution in [0.25, 0.3) is 0 Å². The van der Waals surface area contributed by atoms with Gasteiger partial charge in [0.15, 0.2) is 0 Å². The highest BCUT2D eigenvalue weighted by molar-refractivity contribution is 9.10. The normalized spacial score (nSPS) is 10.1. The Hall–Kier alpha value is -2.09. The molecule has 0 atom stereocenters. The van der Waals surface area contributed by atoms with E-state index >= 15 is 0 Å². The van der Waals surface area contributed by atoms with Crippen LogP contribution >= 0.6 is 15.9 Å². The van der Waals surface area contributed by atoms with Gasteiger partial charge in [-0.2, -0.15) is 4.39 Å². The number of benzene rings is 1. The van der Waals surface area contributed by atoms with Gasteiger partial charge in [0.05, 0.1) is 4.92 Å². The predicted molar refractivity (Wildman–Crippen MR) is 62.9 cm³/mol. The summed E-state index contributed by atoms with van der Waals surface area (Å²) >= 11 is 3.13. The van der Waals surface area contributed by atoms with Gasteiger partial charge in [0, 0.05) is 18.2 Å². The van der Waals surface area contributed by atoms with Crippen molar-refractivity contribution in [2.45, 2.75) is 0 Å². The maximum atomic E-state index is 13.3. The van der Waals surface area contributed by atoms with E-state index in [1.165, 1.54) is 18.5 Å². The molecule has 0 fully saturated rings. The Labute approximate surface area is 109 Å². The molecule has 0 unspecified atom stereocenters. The summed E-state index contributed by atoms with van der Waals surface area (Å²) in [6.07, 6.45) is 1.27. The van der Waals surface area contributed by atoms with Crippen molar-refractivity contribution in [2.24, 2.45) is 0 Å². The molecule has 0 aliphatic carbocycles. The molecular formula is C10H5BrFN3O3. The Morgan fingerprint density at radius 3 is 2.72 bits per heavy atom. The highest BCUT2D eigenvalue weighted by Gasteiger charge is 2.14. The van der Waals surface area contributed by atoms with Crippen molar-refractivity contribution in [3.8, 4) is 11.6 Å². The predicted octanol–water partition coefficient (Wildman–Crippen LogP) is 3.08. The summed E-state index contributed by atoms with van der Waals surface area (Å²) in [5.41, 5.74) is -0.605. The number of halogens is 2. The number of hydrogen-bond donors (Lipinski definition) is 0. The van der Waals surface area contributed by atoms with Crippen molar-refractivity contribution in [2.75, 3.05) is 0 Å². The molecular weight excluding hydrogens is 309 g/mol. The molecule has 92 valence electrons. The van der Waals surface area contributed by atoms with Crippen molar-refractivity contribution in [3.05, 3.63) is 51.1 Å². The second-order valence-corrected chi connectivity index (χ2v) is 3.96. The Bertz CT molecular complexity index is 609. The van der Waals surface area contributed by atoms with Gasteiger partial charge in [0.1, 0.15) is 16.7 Å². The van der Waals surface area contributed by atoms with Crippen LogP contribution in [0.1, 0.15) is 0 Å². The molecule has 0 spiro atoms. The number of nitro groups is 1. The minimum atomic E-state index is -0.967. The molecule has 1 heterocycles. The molecule has 0 radical (unpaired) electrons. The number of aromatic nitrogens is 2. The van der Waals surface area contributed by atoms with Crippen molar-refractivity contribution >= 4 is 21.6 Å². The van der Waals surface area contributed by atoms with Crippen molar-refractivity contribution < 1.29 is 14.1 Å². The van der Waals surface area contributed by atoms with Crippen molar-refractivity contribution in [3.63, 3.8) is 0 Å². The van der Waals surface area contributed by atoms with Gasteiger partial charge in [-0.1, -0.05) is 0 Å². The molecule has 2 aromatic rings. The minimum absolute atomic E-state index is 0.115. The number of rotatable bonds is 3. The van der Waals surface area contributed by atoms with E-state index in [0.717, 1.165) is 12.1 Å². The molecule has 1 aromatic heterocycles. The van der Waals surface area contributed by atoms with Gasteiger partial charge in [-0.3, -0.25) is 10.1 Å². The van der Waals surface area contributed by atoms with Crippen LogP contribution in [0, 0.1) is 15.9 Å². The summed E-state index contributed by atoms with van der Waals surface area (Å²) in [7, 11) is 0. The maximum Gasteiger partial charge on any atom is 0.305 e. The summed E-state index contributed by atoms with van der Waals surface area (Å²) in [4.78, 5) is 17.2. The number of nitrogens with zero attached hydrogens (tertiary/aromatic N) is 3. The van der Waals surface area contributed by atoms with E-state index in [9.17, 15) is 14.5 Å². The van der Waals surface area contributed by atoms with Gasteiger partial charge in [0.25, 0.3) is 0 Å². The van der Waals surface area contributed by atoms with Gasteiger partial charge in [-0.05, 0) is 22.0 Å². The van der Waals surface area contributed by atoms with E-state index in [0.29, 0.717) is 4.60 Å². The average Bonchev–Trinajstić information content (AvgIpc) is 2.28. The van der Waals surface area contributed by atoms with E-state index in [2.05, 4.69) is 25.9 Å². The molecule has 6 nitrogen and oxygen atoms in total. The molecule has 0 saturated heterocycles. The van der Waals surface area contributed by atoms with E-state index in [4.69, 9.17) is 4.74 Å². The van der Waals surface area contributed by atoms with Crippen LogP contribution in [-0.2, 0) is 0 Å². The summed E-state index contributed by atoms with van der Waals surface area (Å²) < 4.78 is 19.1. The first-order valence-corrected chi connectivity index (χ1v) is 5.45. The first-order valence-electron chi connectivity index (χ1n) is 4.65. The summed E-state index contributed by atoms with van der Waals surface area (Å²) in [6.45, 7) is 0. The average molecular weight is 314 g/mol. The maximum absolute atomic E-state index is 13.3. The quantitative estimate of drug-likeness (QED) is 0.494. The first kappa shape index (κ1) is 12.4. The molecule has 0 saturated carbocycles. The van der Waals surface area contributed by atoms with Crippen LogP contribution in [0.3, 0.4) is 0 Å². The van der Waals surface area contributed by atoms with Crippen LogP contribution < -0.4 is 4.74 Å². The first-order chi connectivity index (χ1) is 8.56. The lowest BCUT2D eigenvalue weighted by molar-refractivity contribution is -0.387. The monoisotopic (exact) mass is 313 g/mol. The van der Waals surface area contributed by atoms with Crippen LogP contribution in [0.5, 0.6) is 11.6 Å². The fourth-order valence-electron chi connectivity index (χ4n) is 1.19. The van der Waals surface area contributed by atoms with Crippen molar-refractivity contribution in [1.82, 2.24) is 9.97 Å². The number of ether oxygens (including phenoxy) is 1. The summed E-state index contributed by atoms with van der Waals surface area (Å²) in [5.74, 6) is -0.653. The highest BCUT2D eigenvalue weighted by atomic mass is 79.9. The summed E-state index contributed by atoms with van der Waals surface area (Å²) in [5, 5.41) is 10.4. The second-order valence-electron chi connectivity index (χ2n) is 3.15. The van der Waals surface area contributed by atoms with Gasteiger partial charge in [-0.15, -0.1) is 0 Å². The lowest BCUT2D eigenvalue weighted by atomic mass is 10.3. The standard InChI is InChI=1S/C10H5BrFN3O3/c11-9-4-10(14-5-13-9)18-6-1-2-8(15(16)17)7(12)3-6/h1-5H. The molecule has 1 aromatic carbocycles. The Morgan fingerprint density at radius 1 is 1.33 bits per heavy atom. The number of hydrogen-bond acceptors (Lipinski definition) is 5. The molecule has 0 amide bonds. The Morgan fingerprint density at radius 2 is 2.11 bits per heavy atom. The van der Waals surface area contributed by atoms with Crippen LogP contribution in [0.15, 0.2) is 35.2 Å². The van der Waals surface area contributed by atoms with Gasteiger partial charge < -0.3 is 4.74 Å². The smallest absolute Gasteiger partial charge is 0.305 e. The van der Waals surface area contributed by atoms with Crippen molar-refractivity contribution in [1.29, 1.82) is 0 Å². The highest BCUT2D eigenvalue weighted by Crippen LogP contribution is 2.26. The topological polar surface area (TPSA) is 78.2 Å². The second kappa shape index (κ2) is 5.05. The molecule has 0 aliphatic rings. The zero-order valence-electron chi connectivity index (χ0n) is 8.71. The van der Waals surface area contributed by atoms with Crippen LogP contribution in [-0.4, -0.2) is 14.9 Å². The van der Waals surface area contributed by atoms with Gasteiger partial charge in [0.2, 0.25) is 11.7 Å². The molecule has 0 N–H and O–H groups in total. The largest absolute Gasteiger partial charge is 0.439 e. The molecule has 8 heteroatoms. The number of nitro benzene ring substituents is 1. The van der Waals surface area contributed by atoms with Crippen LogP contribution in [0.4, 0.5) is 10.1 Å². The molecule has 2 rings (SSSR count). The van der Waals surface area contributed by atoms with E-state index in [1.807, 2.05) is 0 Å². The van der Waals surface area contributed by atoms with E-state index in [1.54, 1.807) is 0 Å². The Balaban J connectivity index is 2.25. The minimum Gasteiger partial charge on any atom is -0.439 e. The molecule has 0 bridgehead atoms. The van der Waals surface area contributed by atoms with Gasteiger partial charge >= 0.3 is 5.69 Å². The fourth-order valence-corrected chi connectivity index (χ4v) is 1.48. The SMILES string of the molecule is O=[N+]([O-])c1ccc(Oc2cc(Br)ncn2)cc1F. The van der Waals surface area contributed by atoms with E-state index in [-0.39, 0.29) is 11.6 Å². The Kier molecular flexibility index (Phi) is 3.47.